The zero-order chi connectivity index (χ0) is 27.2. The molecule has 1 saturated carbocycles. The van der Waals surface area contributed by atoms with Crippen molar-refractivity contribution in [3.63, 3.8) is 0 Å². The number of anilines is 1. The first-order valence-electron chi connectivity index (χ1n) is 12.4. The Morgan fingerprint density at radius 2 is 1.68 bits per heavy atom. The third kappa shape index (κ3) is 4.62. The minimum absolute atomic E-state index is 0.0872. The first kappa shape index (κ1) is 25.4. The van der Waals surface area contributed by atoms with Crippen molar-refractivity contribution in [2.75, 3.05) is 12.4 Å². The highest BCUT2D eigenvalue weighted by Gasteiger charge is 2.48. The van der Waals surface area contributed by atoms with E-state index >= 15 is 0 Å². The van der Waals surface area contributed by atoms with Gasteiger partial charge in [-0.1, -0.05) is 30.3 Å². The molecule has 3 aromatic carbocycles. The van der Waals surface area contributed by atoms with Crippen molar-refractivity contribution >= 4 is 11.6 Å². The molecule has 0 saturated heterocycles. The van der Waals surface area contributed by atoms with Gasteiger partial charge in [-0.3, -0.25) is 4.79 Å². The maximum absolute atomic E-state index is 14.6. The molecule has 1 aliphatic rings. The predicted molar refractivity (Wildman–Crippen MR) is 142 cm³/mol. The Kier molecular flexibility index (Phi) is 6.42. The van der Waals surface area contributed by atoms with E-state index in [4.69, 9.17) is 4.74 Å². The van der Waals surface area contributed by atoms with Crippen LogP contribution in [0.5, 0.6) is 5.75 Å². The Bertz CT molecular complexity index is 1520. The maximum atomic E-state index is 14.6. The summed E-state index contributed by atoms with van der Waals surface area (Å²) < 4.78 is 35.4. The van der Waals surface area contributed by atoms with Gasteiger partial charge in [0.2, 0.25) is 0 Å². The molecule has 1 aliphatic carbocycles. The number of aromatic nitrogens is 2. The third-order valence-corrected chi connectivity index (χ3v) is 7.01. The van der Waals surface area contributed by atoms with Crippen molar-refractivity contribution in [1.29, 1.82) is 0 Å². The fourth-order valence-corrected chi connectivity index (χ4v) is 4.90. The van der Waals surface area contributed by atoms with Gasteiger partial charge in [0.05, 0.1) is 12.8 Å². The number of hydrogen-bond donors (Lipinski definition) is 2. The number of nitrogens with zero attached hydrogens (tertiary/aromatic N) is 2. The molecule has 1 fully saturated rings. The number of halogens is 2. The summed E-state index contributed by atoms with van der Waals surface area (Å²) in [4.78, 5) is 17.6. The molecule has 6 nitrogen and oxygen atoms in total. The number of aryl methyl sites for hydroxylation is 3. The van der Waals surface area contributed by atoms with E-state index in [-0.39, 0.29) is 28.5 Å². The Morgan fingerprint density at radius 3 is 2.34 bits per heavy atom. The van der Waals surface area contributed by atoms with Crippen LogP contribution in [0.2, 0.25) is 0 Å². The minimum atomic E-state index is -2.94. The molecule has 0 spiro atoms. The topological polar surface area (TPSA) is 76.4 Å². The molecule has 38 heavy (non-hydrogen) atoms. The lowest BCUT2D eigenvalue weighted by Crippen LogP contribution is -2.19. The van der Waals surface area contributed by atoms with Crippen LogP contribution in [0.15, 0.2) is 60.7 Å². The number of carbonyl (C=O) groups is 1. The Hall–Kier alpha value is -4.20. The van der Waals surface area contributed by atoms with Gasteiger partial charge in [0.25, 0.3) is 11.8 Å². The summed E-state index contributed by atoms with van der Waals surface area (Å²) in [6.45, 7) is 5.66. The molecule has 196 valence electrons. The zero-order valence-electron chi connectivity index (χ0n) is 21.7. The molecule has 1 aromatic heterocycles. The Labute approximate surface area is 219 Å². The molecule has 1 amide bonds. The van der Waals surface area contributed by atoms with Crippen LogP contribution in [0.4, 0.5) is 14.5 Å². The van der Waals surface area contributed by atoms with Crippen LogP contribution in [0, 0.1) is 26.7 Å². The molecular formula is C30H29F2N3O3. The van der Waals surface area contributed by atoms with Gasteiger partial charge in [0, 0.05) is 22.7 Å². The lowest BCUT2D eigenvalue weighted by Gasteiger charge is -2.17. The quantitative estimate of drug-likeness (QED) is 0.256. The van der Waals surface area contributed by atoms with Crippen molar-refractivity contribution in [2.45, 2.75) is 39.5 Å². The molecule has 1 heterocycles. The van der Waals surface area contributed by atoms with Gasteiger partial charge in [0.15, 0.2) is 11.5 Å². The maximum Gasteiger partial charge on any atom is 0.277 e. The van der Waals surface area contributed by atoms with E-state index in [1.807, 2.05) is 44.2 Å². The average molecular weight is 518 g/mol. The summed E-state index contributed by atoms with van der Waals surface area (Å²) in [5, 5.41) is 13.7. The van der Waals surface area contributed by atoms with Gasteiger partial charge in [-0.25, -0.2) is 13.8 Å². The fourth-order valence-electron chi connectivity index (χ4n) is 4.90. The monoisotopic (exact) mass is 517 g/mol. The molecule has 5 rings (SSSR count). The van der Waals surface area contributed by atoms with Crippen LogP contribution in [-0.2, 0) is 5.92 Å². The number of methoxy groups -OCH3 is 1. The number of benzene rings is 3. The standard InChI is InChI=1S/C30H29F2N3O3/c1-17-7-5-8-18(2)26(17)20-13-21(15-25(14-20)38-4)28-33-19(3)27(35(28)37)29(36)34-24-10-6-9-23(16-24)30(31,32)22-11-12-22/h5-10,13-16,22,37H,11-12H2,1-4H3,(H,34,36). The van der Waals surface area contributed by atoms with E-state index in [9.17, 15) is 18.8 Å². The van der Waals surface area contributed by atoms with Crippen molar-refractivity contribution in [3.05, 3.63) is 88.7 Å². The van der Waals surface area contributed by atoms with E-state index in [1.165, 1.54) is 24.3 Å². The number of nitrogens with one attached hydrogen (secondary N) is 1. The summed E-state index contributed by atoms with van der Waals surface area (Å²) in [5.41, 5.74) is 4.93. The second kappa shape index (κ2) is 9.59. The lowest BCUT2D eigenvalue weighted by atomic mass is 9.94. The highest BCUT2D eigenvalue weighted by atomic mass is 19.3. The lowest BCUT2D eigenvalue weighted by molar-refractivity contribution is -0.0285. The molecule has 0 aliphatic heterocycles. The highest BCUT2D eigenvalue weighted by Crippen LogP contribution is 2.50. The molecule has 0 radical (unpaired) electrons. The van der Waals surface area contributed by atoms with Crippen LogP contribution < -0.4 is 10.1 Å². The summed E-state index contributed by atoms with van der Waals surface area (Å²) in [7, 11) is 1.56. The van der Waals surface area contributed by atoms with Gasteiger partial charge in [0.1, 0.15) is 5.75 Å². The molecular weight excluding hydrogens is 488 g/mol. The average Bonchev–Trinajstić information content (AvgIpc) is 3.69. The summed E-state index contributed by atoms with van der Waals surface area (Å²) in [6, 6.07) is 17.2. The smallest absolute Gasteiger partial charge is 0.277 e. The van der Waals surface area contributed by atoms with Crippen molar-refractivity contribution in [2.24, 2.45) is 5.92 Å². The number of ether oxygens (including phenoxy) is 1. The highest BCUT2D eigenvalue weighted by molar-refractivity contribution is 6.04. The molecule has 2 N–H and O–H groups in total. The van der Waals surface area contributed by atoms with Crippen LogP contribution in [-0.4, -0.2) is 27.9 Å². The van der Waals surface area contributed by atoms with Gasteiger partial charge in [-0.05, 0) is 86.2 Å². The van der Waals surface area contributed by atoms with Gasteiger partial charge in [-0.15, -0.1) is 0 Å². The molecule has 8 heteroatoms. The van der Waals surface area contributed by atoms with E-state index in [0.29, 0.717) is 24.2 Å². The molecule has 0 bridgehead atoms. The summed E-state index contributed by atoms with van der Waals surface area (Å²) in [6.07, 6.45) is 0.981. The van der Waals surface area contributed by atoms with E-state index in [0.717, 1.165) is 27.0 Å². The first-order valence-corrected chi connectivity index (χ1v) is 12.4. The van der Waals surface area contributed by atoms with Crippen molar-refractivity contribution in [1.82, 2.24) is 9.71 Å². The Balaban J connectivity index is 1.49. The first-order chi connectivity index (χ1) is 18.1. The van der Waals surface area contributed by atoms with Crippen molar-refractivity contribution in [3.8, 4) is 28.3 Å². The van der Waals surface area contributed by atoms with Crippen LogP contribution >= 0.6 is 0 Å². The van der Waals surface area contributed by atoms with Gasteiger partial charge in [-0.2, -0.15) is 4.73 Å². The van der Waals surface area contributed by atoms with Gasteiger partial charge < -0.3 is 15.3 Å². The largest absolute Gasteiger partial charge is 0.497 e. The van der Waals surface area contributed by atoms with E-state index in [1.54, 1.807) is 20.1 Å². The predicted octanol–water partition coefficient (Wildman–Crippen LogP) is 7.14. The van der Waals surface area contributed by atoms with E-state index < -0.39 is 17.7 Å². The second-order valence-electron chi connectivity index (χ2n) is 9.83. The van der Waals surface area contributed by atoms with Gasteiger partial charge >= 0.3 is 0 Å². The minimum Gasteiger partial charge on any atom is -0.497 e. The van der Waals surface area contributed by atoms with E-state index in [2.05, 4.69) is 10.3 Å². The number of carbonyl (C=O) groups excluding carboxylic acids is 1. The molecule has 0 unspecified atom stereocenters. The van der Waals surface area contributed by atoms with Crippen LogP contribution in [0.1, 0.15) is 45.7 Å². The normalized spacial score (nSPS) is 13.4. The number of imidazole rings is 1. The second-order valence-corrected chi connectivity index (χ2v) is 9.83. The summed E-state index contributed by atoms with van der Waals surface area (Å²) >= 11 is 0. The van der Waals surface area contributed by atoms with Crippen molar-refractivity contribution < 1.29 is 23.5 Å². The number of hydrogen-bond acceptors (Lipinski definition) is 4. The zero-order valence-corrected chi connectivity index (χ0v) is 21.7. The number of alkyl halides is 2. The van der Waals surface area contributed by atoms with Crippen LogP contribution in [0.25, 0.3) is 22.5 Å². The number of rotatable bonds is 7. The van der Waals surface area contributed by atoms with Crippen LogP contribution in [0.3, 0.4) is 0 Å². The molecule has 0 atom stereocenters. The Morgan fingerprint density at radius 1 is 1.03 bits per heavy atom. The number of amides is 1. The SMILES string of the molecule is COc1cc(-c2c(C)cccc2C)cc(-c2nc(C)c(C(=O)Nc3cccc(C(F)(F)C4CC4)c3)n2O)c1. The third-order valence-electron chi connectivity index (χ3n) is 7.01. The molecule has 4 aromatic rings. The fraction of sp³-hybridized carbons (Fsp3) is 0.267. The summed E-state index contributed by atoms with van der Waals surface area (Å²) in [5.74, 6) is -3.53.